The maximum Gasteiger partial charge on any atom is 0.256 e. The van der Waals surface area contributed by atoms with Crippen LogP contribution in [-0.2, 0) is 6.42 Å². The van der Waals surface area contributed by atoms with Gasteiger partial charge >= 0.3 is 0 Å². The summed E-state index contributed by atoms with van der Waals surface area (Å²) in [5.41, 5.74) is 1.90. The summed E-state index contributed by atoms with van der Waals surface area (Å²) >= 11 is 0. The maximum atomic E-state index is 14.2. The number of likely N-dealkylation sites (tertiary alicyclic amines) is 1. The summed E-state index contributed by atoms with van der Waals surface area (Å²) in [6, 6.07) is 7.69. The van der Waals surface area contributed by atoms with E-state index in [0.29, 0.717) is 37.2 Å². The third kappa shape index (κ3) is 2.89. The zero-order valence-corrected chi connectivity index (χ0v) is 14.4. The van der Waals surface area contributed by atoms with Crippen LogP contribution in [0, 0.1) is 5.82 Å². The van der Waals surface area contributed by atoms with Crippen molar-refractivity contribution in [2.75, 3.05) is 13.1 Å². The highest BCUT2D eigenvalue weighted by Gasteiger charge is 2.30. The molecule has 3 heterocycles. The fourth-order valence-electron chi connectivity index (χ4n) is 3.30. The molecule has 0 saturated carbocycles. The second-order valence-corrected chi connectivity index (χ2v) is 6.32. The molecule has 1 fully saturated rings. The first-order valence-corrected chi connectivity index (χ1v) is 8.68. The van der Waals surface area contributed by atoms with Crippen LogP contribution >= 0.6 is 0 Å². The van der Waals surface area contributed by atoms with E-state index in [1.54, 1.807) is 11.1 Å². The number of carbonyl (C=O) groups excluding carboxylic acids is 1. The zero-order valence-electron chi connectivity index (χ0n) is 14.4. The van der Waals surface area contributed by atoms with Gasteiger partial charge in [0, 0.05) is 30.1 Å². The van der Waals surface area contributed by atoms with Gasteiger partial charge in [-0.2, -0.15) is 9.37 Å². The van der Waals surface area contributed by atoms with Crippen LogP contribution in [0.1, 0.15) is 29.4 Å². The molecule has 134 valence electrons. The number of para-hydroxylation sites is 1. The molecule has 0 bridgehead atoms. The Hall–Kier alpha value is -2.96. The third-order valence-electron chi connectivity index (χ3n) is 4.69. The maximum absolute atomic E-state index is 14.2. The van der Waals surface area contributed by atoms with E-state index < -0.39 is 5.82 Å². The van der Waals surface area contributed by atoms with Gasteiger partial charge in [-0.05, 0) is 12.5 Å². The van der Waals surface area contributed by atoms with E-state index in [0.717, 1.165) is 10.9 Å². The number of nitrogens with zero attached hydrogens (tertiary/aromatic N) is 3. The van der Waals surface area contributed by atoms with Crippen molar-refractivity contribution in [3.8, 4) is 5.88 Å². The standard InChI is InChI=1S/C19H19FN4O2/c1-2-15-17(20)18(23-11-22-15)26-12-7-8-24(10-12)19(25)14-9-21-16-6-4-3-5-13(14)16/h3-6,9,11-12,21H,2,7-8,10H2,1H3. The van der Waals surface area contributed by atoms with Crippen LogP contribution in [0.2, 0.25) is 0 Å². The number of hydrogen-bond acceptors (Lipinski definition) is 4. The number of benzene rings is 1. The van der Waals surface area contributed by atoms with Crippen LogP contribution in [0.15, 0.2) is 36.8 Å². The van der Waals surface area contributed by atoms with Crippen LogP contribution in [0.5, 0.6) is 5.88 Å². The van der Waals surface area contributed by atoms with Crippen molar-refractivity contribution in [3.05, 3.63) is 53.9 Å². The quantitative estimate of drug-likeness (QED) is 0.782. The van der Waals surface area contributed by atoms with Gasteiger partial charge < -0.3 is 14.6 Å². The molecule has 0 aliphatic carbocycles. The second-order valence-electron chi connectivity index (χ2n) is 6.32. The lowest BCUT2D eigenvalue weighted by Crippen LogP contribution is -2.31. The number of hydrogen-bond donors (Lipinski definition) is 1. The fraction of sp³-hybridized carbons (Fsp3) is 0.316. The molecular formula is C19H19FN4O2. The van der Waals surface area contributed by atoms with Crippen molar-refractivity contribution in [1.82, 2.24) is 19.9 Å². The molecule has 6 nitrogen and oxygen atoms in total. The minimum Gasteiger partial charge on any atom is -0.470 e. The van der Waals surface area contributed by atoms with E-state index in [4.69, 9.17) is 4.74 Å². The topological polar surface area (TPSA) is 71.1 Å². The Morgan fingerprint density at radius 3 is 3.08 bits per heavy atom. The minimum absolute atomic E-state index is 0.0387. The van der Waals surface area contributed by atoms with Gasteiger partial charge in [0.1, 0.15) is 12.4 Å². The summed E-state index contributed by atoms with van der Waals surface area (Å²) in [7, 11) is 0. The lowest BCUT2D eigenvalue weighted by molar-refractivity contribution is 0.0772. The van der Waals surface area contributed by atoms with E-state index in [2.05, 4.69) is 15.0 Å². The Morgan fingerprint density at radius 1 is 1.38 bits per heavy atom. The number of aromatic amines is 1. The van der Waals surface area contributed by atoms with Gasteiger partial charge in [0.05, 0.1) is 17.8 Å². The number of halogens is 1. The summed E-state index contributed by atoms with van der Waals surface area (Å²) in [5.74, 6) is -0.606. The molecule has 0 radical (unpaired) electrons. The van der Waals surface area contributed by atoms with Crippen LogP contribution < -0.4 is 4.74 Å². The summed E-state index contributed by atoms with van der Waals surface area (Å²) in [4.78, 5) is 25.5. The minimum atomic E-state index is -0.517. The number of rotatable bonds is 4. The molecule has 2 aromatic heterocycles. The number of H-pyrrole nitrogens is 1. The molecule has 1 N–H and O–H groups in total. The predicted molar refractivity (Wildman–Crippen MR) is 94.6 cm³/mol. The first-order chi connectivity index (χ1) is 12.7. The number of aromatic nitrogens is 3. The van der Waals surface area contributed by atoms with Crippen molar-refractivity contribution in [3.63, 3.8) is 0 Å². The van der Waals surface area contributed by atoms with Crippen molar-refractivity contribution in [2.24, 2.45) is 0 Å². The first kappa shape index (κ1) is 16.5. The molecule has 3 aromatic rings. The summed E-state index contributed by atoms with van der Waals surface area (Å²) in [5, 5.41) is 0.899. The van der Waals surface area contributed by atoms with Crippen molar-refractivity contribution >= 4 is 16.8 Å². The number of ether oxygens (including phenoxy) is 1. The van der Waals surface area contributed by atoms with Gasteiger partial charge in [0.25, 0.3) is 11.8 Å². The number of aryl methyl sites for hydroxylation is 1. The Kier molecular flexibility index (Phi) is 4.28. The van der Waals surface area contributed by atoms with Crippen molar-refractivity contribution < 1.29 is 13.9 Å². The average Bonchev–Trinajstić information content (AvgIpc) is 3.30. The summed E-state index contributed by atoms with van der Waals surface area (Å²) in [6.45, 7) is 2.80. The Balaban J connectivity index is 1.48. The number of fused-ring (bicyclic) bond motifs is 1. The van der Waals surface area contributed by atoms with Crippen molar-refractivity contribution in [2.45, 2.75) is 25.9 Å². The summed E-state index contributed by atoms with van der Waals surface area (Å²) < 4.78 is 20.0. The molecule has 26 heavy (non-hydrogen) atoms. The highest BCUT2D eigenvalue weighted by atomic mass is 19.1. The molecule has 1 saturated heterocycles. The van der Waals surface area contributed by atoms with E-state index in [1.807, 2.05) is 31.2 Å². The molecule has 4 rings (SSSR count). The van der Waals surface area contributed by atoms with E-state index >= 15 is 0 Å². The number of nitrogens with one attached hydrogen (secondary N) is 1. The van der Waals surface area contributed by atoms with Gasteiger partial charge in [-0.15, -0.1) is 0 Å². The molecular weight excluding hydrogens is 335 g/mol. The number of amides is 1. The predicted octanol–water partition coefficient (Wildman–Crippen LogP) is 2.95. The van der Waals surface area contributed by atoms with E-state index in [1.165, 1.54) is 6.33 Å². The van der Waals surface area contributed by atoms with Crippen LogP contribution in [-0.4, -0.2) is 45.0 Å². The molecule has 1 amide bonds. The largest absolute Gasteiger partial charge is 0.470 e. The number of carbonyl (C=O) groups is 1. The highest BCUT2D eigenvalue weighted by Crippen LogP contribution is 2.24. The molecule has 0 spiro atoms. The highest BCUT2D eigenvalue weighted by molar-refractivity contribution is 6.06. The average molecular weight is 354 g/mol. The molecule has 1 aliphatic heterocycles. The molecule has 1 unspecified atom stereocenters. The van der Waals surface area contributed by atoms with Gasteiger partial charge in [0.2, 0.25) is 5.82 Å². The monoisotopic (exact) mass is 354 g/mol. The fourth-order valence-corrected chi connectivity index (χ4v) is 3.30. The van der Waals surface area contributed by atoms with Crippen LogP contribution in [0.4, 0.5) is 4.39 Å². The van der Waals surface area contributed by atoms with Crippen molar-refractivity contribution in [1.29, 1.82) is 0 Å². The Bertz CT molecular complexity index is 956. The molecule has 1 aliphatic rings. The van der Waals surface area contributed by atoms with E-state index in [-0.39, 0.29) is 17.9 Å². The Labute approximate surface area is 150 Å². The van der Waals surface area contributed by atoms with E-state index in [9.17, 15) is 9.18 Å². The van der Waals surface area contributed by atoms with Gasteiger partial charge in [-0.1, -0.05) is 25.1 Å². The smallest absolute Gasteiger partial charge is 0.256 e. The van der Waals surface area contributed by atoms with Crippen LogP contribution in [0.25, 0.3) is 10.9 Å². The normalized spacial score (nSPS) is 17.0. The molecule has 7 heteroatoms. The second kappa shape index (κ2) is 6.74. The lowest BCUT2D eigenvalue weighted by atomic mass is 10.1. The van der Waals surface area contributed by atoms with Gasteiger partial charge in [0.15, 0.2) is 0 Å². The lowest BCUT2D eigenvalue weighted by Gasteiger charge is -2.17. The SMILES string of the molecule is CCc1ncnc(OC2CCN(C(=O)c3c[nH]c4ccccc34)C2)c1F. The Morgan fingerprint density at radius 2 is 2.23 bits per heavy atom. The summed E-state index contributed by atoms with van der Waals surface area (Å²) in [6.07, 6.45) is 3.87. The zero-order chi connectivity index (χ0) is 18.1. The van der Waals surface area contributed by atoms with Gasteiger partial charge in [-0.3, -0.25) is 4.79 Å². The van der Waals surface area contributed by atoms with Crippen LogP contribution in [0.3, 0.4) is 0 Å². The molecule has 1 atom stereocenters. The van der Waals surface area contributed by atoms with Gasteiger partial charge in [-0.25, -0.2) is 4.98 Å². The third-order valence-corrected chi connectivity index (χ3v) is 4.69. The molecule has 1 aromatic carbocycles. The first-order valence-electron chi connectivity index (χ1n) is 8.68.